The minimum Gasteiger partial charge on any atom is -0.352 e. The van der Waals surface area contributed by atoms with Gasteiger partial charge in [0.15, 0.2) is 0 Å². The first-order chi connectivity index (χ1) is 18.3. The normalized spacial score (nSPS) is 12.2. The highest BCUT2D eigenvalue weighted by Crippen LogP contribution is 2.30. The minimum absolute atomic E-state index is 0.0522. The lowest BCUT2D eigenvalue weighted by Crippen LogP contribution is -2.52. The van der Waals surface area contributed by atoms with E-state index >= 15 is 0 Å². The van der Waals surface area contributed by atoms with E-state index in [4.69, 9.17) is 11.6 Å². The molecular formula is C30H36ClN3O4S. The van der Waals surface area contributed by atoms with Gasteiger partial charge < -0.3 is 10.2 Å². The Morgan fingerprint density at radius 2 is 1.54 bits per heavy atom. The number of aryl methyl sites for hydroxylation is 3. The number of nitrogens with zero attached hydrogens (tertiary/aromatic N) is 2. The number of benzene rings is 3. The molecule has 3 aromatic rings. The van der Waals surface area contributed by atoms with E-state index in [9.17, 15) is 18.0 Å². The maximum Gasteiger partial charge on any atom is 0.264 e. The third-order valence-electron chi connectivity index (χ3n) is 6.53. The molecule has 0 aliphatic carbocycles. The van der Waals surface area contributed by atoms with E-state index in [1.807, 2.05) is 52.0 Å². The summed E-state index contributed by atoms with van der Waals surface area (Å²) in [5.41, 5.74) is 3.67. The van der Waals surface area contributed by atoms with Gasteiger partial charge in [-0.15, -0.1) is 0 Å². The summed E-state index contributed by atoms with van der Waals surface area (Å²) in [6.45, 7) is 10.5. The predicted octanol–water partition coefficient (Wildman–Crippen LogP) is 5.40. The van der Waals surface area contributed by atoms with Crippen LogP contribution in [0.25, 0.3) is 0 Å². The smallest absolute Gasteiger partial charge is 0.264 e. The van der Waals surface area contributed by atoms with Gasteiger partial charge in [0.1, 0.15) is 12.6 Å². The fourth-order valence-corrected chi connectivity index (χ4v) is 5.80. The molecule has 0 bridgehead atoms. The molecule has 208 valence electrons. The molecule has 0 unspecified atom stereocenters. The third kappa shape index (κ3) is 7.40. The average molecular weight is 570 g/mol. The number of hydrogen-bond donors (Lipinski definition) is 1. The molecular weight excluding hydrogens is 534 g/mol. The van der Waals surface area contributed by atoms with Crippen molar-refractivity contribution in [1.82, 2.24) is 10.2 Å². The quantitative estimate of drug-likeness (QED) is 0.354. The number of hydrogen-bond acceptors (Lipinski definition) is 4. The zero-order valence-corrected chi connectivity index (χ0v) is 24.8. The van der Waals surface area contributed by atoms with Crippen molar-refractivity contribution in [1.29, 1.82) is 0 Å². The monoisotopic (exact) mass is 569 g/mol. The van der Waals surface area contributed by atoms with E-state index in [0.29, 0.717) is 16.3 Å². The van der Waals surface area contributed by atoms with Gasteiger partial charge in [-0.2, -0.15) is 0 Å². The second-order valence-corrected chi connectivity index (χ2v) is 12.3. The Hall–Kier alpha value is -3.36. The highest BCUT2D eigenvalue weighted by molar-refractivity contribution is 7.92. The highest BCUT2D eigenvalue weighted by Gasteiger charge is 2.33. The second-order valence-electron chi connectivity index (χ2n) is 10.0. The molecule has 2 amide bonds. The Morgan fingerprint density at radius 3 is 2.15 bits per heavy atom. The standard InChI is InChI=1S/C30H36ClN3O4S/c1-20(2)32-30(36)24(6)33(18-25-10-8-7-9-22(25)4)29(35)19-34(28-17-26(31)14-13-23(28)5)39(37,38)27-15-11-21(3)12-16-27/h7-17,20,24H,18-19H2,1-6H3,(H,32,36)/t24-/m0/s1. The molecule has 7 nitrogen and oxygen atoms in total. The van der Waals surface area contributed by atoms with E-state index < -0.39 is 28.5 Å². The molecule has 1 atom stereocenters. The summed E-state index contributed by atoms with van der Waals surface area (Å²) in [6, 6.07) is 18.0. The number of nitrogens with one attached hydrogen (secondary N) is 1. The molecule has 0 saturated heterocycles. The van der Waals surface area contributed by atoms with E-state index in [0.717, 1.165) is 21.0 Å². The molecule has 0 saturated carbocycles. The van der Waals surface area contributed by atoms with E-state index in [1.54, 1.807) is 38.1 Å². The average Bonchev–Trinajstić information content (AvgIpc) is 2.87. The second kappa shape index (κ2) is 12.7. The number of rotatable bonds is 10. The highest BCUT2D eigenvalue weighted by atomic mass is 35.5. The molecule has 0 aliphatic heterocycles. The van der Waals surface area contributed by atoms with Gasteiger partial charge in [-0.25, -0.2) is 8.42 Å². The van der Waals surface area contributed by atoms with Crippen LogP contribution in [0.3, 0.4) is 0 Å². The minimum atomic E-state index is -4.16. The maximum atomic E-state index is 14.0. The number of anilines is 1. The topological polar surface area (TPSA) is 86.8 Å². The fourth-order valence-electron chi connectivity index (χ4n) is 4.16. The summed E-state index contributed by atoms with van der Waals surface area (Å²) in [5, 5.41) is 3.20. The molecule has 0 heterocycles. The maximum absolute atomic E-state index is 14.0. The third-order valence-corrected chi connectivity index (χ3v) is 8.54. The fraction of sp³-hybridized carbons (Fsp3) is 0.333. The van der Waals surface area contributed by atoms with E-state index in [-0.39, 0.29) is 23.4 Å². The Morgan fingerprint density at radius 1 is 0.897 bits per heavy atom. The Bertz CT molecular complexity index is 1440. The van der Waals surface area contributed by atoms with Crippen molar-refractivity contribution >= 4 is 39.1 Å². The van der Waals surface area contributed by atoms with Crippen LogP contribution in [-0.2, 0) is 26.2 Å². The number of carbonyl (C=O) groups is 2. The lowest BCUT2D eigenvalue weighted by molar-refractivity contribution is -0.139. The Labute approximate surface area is 236 Å². The van der Waals surface area contributed by atoms with Crippen molar-refractivity contribution in [3.05, 3.63) is 94.0 Å². The molecule has 39 heavy (non-hydrogen) atoms. The lowest BCUT2D eigenvalue weighted by Gasteiger charge is -2.33. The van der Waals surface area contributed by atoms with Crippen LogP contribution >= 0.6 is 11.6 Å². The summed E-state index contributed by atoms with van der Waals surface area (Å²) in [5.74, 6) is -0.835. The van der Waals surface area contributed by atoms with Gasteiger partial charge in [-0.3, -0.25) is 13.9 Å². The number of sulfonamides is 1. The zero-order valence-electron chi connectivity index (χ0n) is 23.2. The summed E-state index contributed by atoms with van der Waals surface area (Å²) in [7, 11) is -4.16. The summed E-state index contributed by atoms with van der Waals surface area (Å²) >= 11 is 6.27. The van der Waals surface area contributed by atoms with Crippen molar-refractivity contribution in [3.63, 3.8) is 0 Å². The van der Waals surface area contributed by atoms with Crippen molar-refractivity contribution < 1.29 is 18.0 Å². The SMILES string of the molecule is Cc1ccc(S(=O)(=O)N(CC(=O)N(Cc2ccccc2C)[C@@H](C)C(=O)NC(C)C)c2cc(Cl)ccc2C)cc1. The number of amides is 2. The van der Waals surface area contributed by atoms with Gasteiger partial charge in [-0.05, 0) is 82.5 Å². The van der Waals surface area contributed by atoms with Crippen molar-refractivity contribution in [3.8, 4) is 0 Å². The largest absolute Gasteiger partial charge is 0.352 e. The van der Waals surface area contributed by atoms with Crippen molar-refractivity contribution in [2.24, 2.45) is 0 Å². The van der Waals surface area contributed by atoms with Crippen LogP contribution in [0, 0.1) is 20.8 Å². The molecule has 0 spiro atoms. The van der Waals surface area contributed by atoms with Crippen LogP contribution < -0.4 is 9.62 Å². The summed E-state index contributed by atoms with van der Waals surface area (Å²) in [6.07, 6.45) is 0. The molecule has 9 heteroatoms. The zero-order chi connectivity index (χ0) is 28.9. The van der Waals surface area contributed by atoms with E-state index in [2.05, 4.69) is 5.32 Å². The molecule has 0 fully saturated rings. The molecule has 1 N–H and O–H groups in total. The van der Waals surface area contributed by atoms with Crippen LogP contribution in [0.4, 0.5) is 5.69 Å². The molecule has 0 radical (unpaired) electrons. The first-order valence-corrected chi connectivity index (χ1v) is 14.6. The molecule has 0 aromatic heterocycles. The molecule has 3 aromatic carbocycles. The van der Waals surface area contributed by atoms with Crippen LogP contribution in [0.2, 0.25) is 5.02 Å². The van der Waals surface area contributed by atoms with Gasteiger partial charge in [0.05, 0.1) is 10.6 Å². The van der Waals surface area contributed by atoms with Gasteiger partial charge in [0.25, 0.3) is 10.0 Å². The number of carbonyl (C=O) groups excluding carboxylic acids is 2. The van der Waals surface area contributed by atoms with Gasteiger partial charge >= 0.3 is 0 Å². The van der Waals surface area contributed by atoms with E-state index in [1.165, 1.54) is 23.1 Å². The molecule has 3 rings (SSSR count). The van der Waals surface area contributed by atoms with Crippen LogP contribution in [0.15, 0.2) is 71.6 Å². The Kier molecular flexibility index (Phi) is 9.80. The van der Waals surface area contributed by atoms with Crippen LogP contribution in [-0.4, -0.2) is 43.8 Å². The van der Waals surface area contributed by atoms with Crippen molar-refractivity contribution in [2.75, 3.05) is 10.8 Å². The van der Waals surface area contributed by atoms with Crippen LogP contribution in [0.1, 0.15) is 43.0 Å². The number of halogens is 1. The van der Waals surface area contributed by atoms with Gasteiger partial charge in [-0.1, -0.05) is 59.6 Å². The molecule has 0 aliphatic rings. The summed E-state index contributed by atoms with van der Waals surface area (Å²) in [4.78, 5) is 28.5. The Balaban J connectivity index is 2.09. The summed E-state index contributed by atoms with van der Waals surface area (Å²) < 4.78 is 29.0. The first kappa shape index (κ1) is 30.2. The first-order valence-electron chi connectivity index (χ1n) is 12.8. The van der Waals surface area contributed by atoms with Gasteiger partial charge in [0, 0.05) is 17.6 Å². The predicted molar refractivity (Wildman–Crippen MR) is 156 cm³/mol. The van der Waals surface area contributed by atoms with Crippen LogP contribution in [0.5, 0.6) is 0 Å². The van der Waals surface area contributed by atoms with Gasteiger partial charge in [0.2, 0.25) is 11.8 Å². The van der Waals surface area contributed by atoms with Crippen molar-refractivity contribution in [2.45, 2.75) is 65.1 Å². The lowest BCUT2D eigenvalue weighted by atomic mass is 10.1.